The van der Waals surface area contributed by atoms with Gasteiger partial charge in [-0.3, -0.25) is 0 Å². The Morgan fingerprint density at radius 3 is 1.64 bits per heavy atom. The van der Waals surface area contributed by atoms with E-state index >= 15 is 0 Å². The van der Waals surface area contributed by atoms with Crippen molar-refractivity contribution in [3.8, 4) is 24.3 Å². The van der Waals surface area contributed by atoms with Crippen LogP contribution in [0.25, 0.3) is 11.1 Å². The maximum atomic E-state index is 6.50. The van der Waals surface area contributed by atoms with E-state index in [2.05, 4.69) is 59.5 Å². The van der Waals surface area contributed by atoms with E-state index < -0.39 is 0 Å². The SMILES string of the molecule is C#N.C#N.CN(C)c1ccc(-c2ccc(C=NN)cc2)cc1. The molecule has 22 heavy (non-hydrogen) atoms. The number of hydrogen-bond donors (Lipinski definition) is 1. The third kappa shape index (κ3) is 5.36. The van der Waals surface area contributed by atoms with Crippen LogP contribution in [0.2, 0.25) is 0 Å². The van der Waals surface area contributed by atoms with E-state index in [1.165, 1.54) is 16.8 Å². The van der Waals surface area contributed by atoms with Crippen LogP contribution in [0.4, 0.5) is 5.69 Å². The van der Waals surface area contributed by atoms with Crippen molar-refractivity contribution in [2.75, 3.05) is 19.0 Å². The van der Waals surface area contributed by atoms with Crippen LogP contribution in [0.3, 0.4) is 0 Å². The molecule has 2 rings (SSSR count). The Balaban J connectivity index is 0.00000102. The molecule has 0 bridgehead atoms. The molecule has 0 spiro atoms. The molecule has 0 radical (unpaired) electrons. The summed E-state index contributed by atoms with van der Waals surface area (Å²) in [4.78, 5) is 2.09. The fourth-order valence-corrected chi connectivity index (χ4v) is 1.80. The molecule has 0 aliphatic heterocycles. The van der Waals surface area contributed by atoms with Gasteiger partial charge in [0.05, 0.1) is 6.21 Å². The van der Waals surface area contributed by atoms with E-state index in [1.807, 2.05) is 26.2 Å². The molecular formula is C17H19N5. The molecule has 2 aromatic carbocycles. The van der Waals surface area contributed by atoms with Gasteiger partial charge in [-0.05, 0) is 28.8 Å². The van der Waals surface area contributed by atoms with E-state index in [0.717, 1.165) is 5.56 Å². The Kier molecular flexibility index (Phi) is 8.90. The summed E-state index contributed by atoms with van der Waals surface area (Å²) < 4.78 is 0. The quantitative estimate of drug-likeness (QED) is 0.535. The van der Waals surface area contributed by atoms with Gasteiger partial charge in [0, 0.05) is 32.9 Å². The minimum absolute atomic E-state index is 1.01. The first kappa shape index (κ1) is 18.7. The maximum Gasteiger partial charge on any atom is 0.0538 e. The van der Waals surface area contributed by atoms with Gasteiger partial charge in [0.25, 0.3) is 0 Å². The molecule has 0 saturated carbocycles. The minimum atomic E-state index is 1.01. The van der Waals surface area contributed by atoms with E-state index in [0.29, 0.717) is 0 Å². The lowest BCUT2D eigenvalue weighted by molar-refractivity contribution is 1.13. The van der Waals surface area contributed by atoms with Crippen LogP contribution >= 0.6 is 0 Å². The average molecular weight is 293 g/mol. The second-order valence-electron chi connectivity index (χ2n) is 4.34. The third-order valence-corrected chi connectivity index (χ3v) is 2.85. The molecular weight excluding hydrogens is 274 g/mol. The molecule has 5 heteroatoms. The first-order valence-electron chi connectivity index (χ1n) is 6.33. The highest BCUT2D eigenvalue weighted by molar-refractivity contribution is 5.80. The fraction of sp³-hybridized carbons (Fsp3) is 0.118. The second kappa shape index (κ2) is 10.5. The van der Waals surface area contributed by atoms with Crippen molar-refractivity contribution in [2.24, 2.45) is 10.9 Å². The molecule has 0 aliphatic rings. The first-order valence-corrected chi connectivity index (χ1v) is 6.33. The van der Waals surface area contributed by atoms with Crippen LogP contribution < -0.4 is 10.7 Å². The zero-order valence-electron chi connectivity index (χ0n) is 12.7. The van der Waals surface area contributed by atoms with Crippen molar-refractivity contribution in [1.29, 1.82) is 10.5 Å². The summed E-state index contributed by atoms with van der Waals surface area (Å²) in [5, 5.41) is 16.5. The molecule has 0 atom stereocenters. The second-order valence-corrected chi connectivity index (χ2v) is 4.34. The Bertz CT molecular complexity index is 601. The first-order chi connectivity index (χ1) is 10.7. The van der Waals surface area contributed by atoms with Crippen molar-refractivity contribution >= 4 is 11.9 Å². The molecule has 0 aromatic heterocycles. The van der Waals surface area contributed by atoms with Crippen LogP contribution in [0, 0.1) is 23.7 Å². The number of hydrogen-bond acceptors (Lipinski definition) is 5. The molecule has 0 amide bonds. The van der Waals surface area contributed by atoms with Crippen molar-refractivity contribution in [3.05, 3.63) is 54.1 Å². The lowest BCUT2D eigenvalue weighted by atomic mass is 10.0. The molecule has 2 aromatic rings. The standard InChI is InChI=1S/C15H17N3.2CHN/c1-18(2)15-9-7-14(8-10-15)13-5-3-12(4-6-13)11-17-16;2*1-2/h3-11H,16H2,1-2H3;2*1H. The van der Waals surface area contributed by atoms with Crippen molar-refractivity contribution < 1.29 is 0 Å². The van der Waals surface area contributed by atoms with Gasteiger partial charge in [0.15, 0.2) is 0 Å². The number of rotatable bonds is 3. The number of anilines is 1. The zero-order chi connectivity index (χ0) is 17.0. The van der Waals surface area contributed by atoms with E-state index in [4.69, 9.17) is 16.4 Å². The monoisotopic (exact) mass is 293 g/mol. The number of nitriles is 2. The molecule has 0 aliphatic carbocycles. The van der Waals surface area contributed by atoms with Gasteiger partial charge in [0.1, 0.15) is 0 Å². The zero-order valence-corrected chi connectivity index (χ0v) is 12.7. The molecule has 112 valence electrons. The molecule has 0 unspecified atom stereocenters. The lowest BCUT2D eigenvalue weighted by Crippen LogP contribution is -2.07. The number of nitrogens with two attached hydrogens (primary N) is 1. The number of hydrazone groups is 1. The number of nitrogens with zero attached hydrogens (tertiary/aromatic N) is 4. The Labute approximate surface area is 131 Å². The number of benzene rings is 2. The molecule has 2 N–H and O–H groups in total. The van der Waals surface area contributed by atoms with Gasteiger partial charge in [-0.1, -0.05) is 36.4 Å². The molecule has 5 nitrogen and oxygen atoms in total. The van der Waals surface area contributed by atoms with Crippen LogP contribution in [0.15, 0.2) is 53.6 Å². The summed E-state index contributed by atoms with van der Waals surface area (Å²) in [5.74, 6) is 5.12. The van der Waals surface area contributed by atoms with Crippen molar-refractivity contribution in [3.63, 3.8) is 0 Å². The summed E-state index contributed by atoms with van der Waals surface area (Å²) in [6, 6.07) is 16.6. The maximum absolute atomic E-state index is 6.50. The van der Waals surface area contributed by atoms with Gasteiger partial charge in [0.2, 0.25) is 0 Å². The summed E-state index contributed by atoms with van der Waals surface area (Å²) >= 11 is 0. The van der Waals surface area contributed by atoms with Crippen LogP contribution in [-0.4, -0.2) is 20.3 Å². The van der Waals surface area contributed by atoms with E-state index in [-0.39, 0.29) is 0 Å². The summed E-state index contributed by atoms with van der Waals surface area (Å²) in [6.07, 6.45) is 1.64. The van der Waals surface area contributed by atoms with Crippen LogP contribution in [0.1, 0.15) is 5.56 Å². The Hall–Kier alpha value is -3.31. The summed E-state index contributed by atoms with van der Waals surface area (Å²) in [7, 11) is 4.08. The predicted molar refractivity (Wildman–Crippen MR) is 91.3 cm³/mol. The van der Waals surface area contributed by atoms with Crippen molar-refractivity contribution in [2.45, 2.75) is 0 Å². The topological polar surface area (TPSA) is 89.2 Å². The molecule has 0 heterocycles. The lowest BCUT2D eigenvalue weighted by Gasteiger charge is -2.12. The van der Waals surface area contributed by atoms with Gasteiger partial charge >= 0.3 is 0 Å². The molecule has 0 saturated heterocycles. The van der Waals surface area contributed by atoms with Crippen LogP contribution in [-0.2, 0) is 0 Å². The minimum Gasteiger partial charge on any atom is -0.378 e. The average Bonchev–Trinajstić information content (AvgIpc) is 2.59. The largest absolute Gasteiger partial charge is 0.378 e. The van der Waals surface area contributed by atoms with Gasteiger partial charge in [-0.15, -0.1) is 0 Å². The van der Waals surface area contributed by atoms with Gasteiger partial charge in [-0.2, -0.15) is 5.10 Å². The third-order valence-electron chi connectivity index (χ3n) is 2.85. The highest BCUT2D eigenvalue weighted by Crippen LogP contribution is 2.22. The highest BCUT2D eigenvalue weighted by atomic mass is 15.1. The normalized spacial score (nSPS) is 9.00. The molecule has 0 fully saturated rings. The van der Waals surface area contributed by atoms with E-state index in [9.17, 15) is 0 Å². The van der Waals surface area contributed by atoms with Gasteiger partial charge in [-0.25, -0.2) is 10.5 Å². The Morgan fingerprint density at radius 1 is 0.864 bits per heavy atom. The fourth-order valence-electron chi connectivity index (χ4n) is 1.80. The van der Waals surface area contributed by atoms with Crippen molar-refractivity contribution in [1.82, 2.24) is 0 Å². The highest BCUT2D eigenvalue weighted by Gasteiger charge is 1.99. The predicted octanol–water partition coefficient (Wildman–Crippen LogP) is 2.99. The van der Waals surface area contributed by atoms with E-state index in [1.54, 1.807) is 6.21 Å². The summed E-state index contributed by atoms with van der Waals surface area (Å²) in [5.41, 5.74) is 4.60. The van der Waals surface area contributed by atoms with Gasteiger partial charge < -0.3 is 10.7 Å². The Morgan fingerprint density at radius 2 is 1.27 bits per heavy atom. The summed E-state index contributed by atoms with van der Waals surface area (Å²) in [6.45, 7) is 7.00. The van der Waals surface area contributed by atoms with Crippen LogP contribution in [0.5, 0.6) is 0 Å². The smallest absolute Gasteiger partial charge is 0.0538 e.